The van der Waals surface area contributed by atoms with Crippen molar-refractivity contribution in [3.63, 3.8) is 0 Å². The van der Waals surface area contributed by atoms with Crippen LogP contribution in [0.15, 0.2) is 23.7 Å². The van der Waals surface area contributed by atoms with Crippen molar-refractivity contribution in [2.45, 2.75) is 19.5 Å². The number of hydrogen-bond donors (Lipinski definition) is 1. The largest absolute Gasteiger partial charge is 0.303 e. The van der Waals surface area contributed by atoms with E-state index in [1.807, 2.05) is 0 Å². The molecule has 2 nitrogen and oxygen atoms in total. The van der Waals surface area contributed by atoms with E-state index in [1.54, 1.807) is 17.5 Å². The highest BCUT2D eigenvalue weighted by Crippen LogP contribution is 2.21. The molecule has 0 saturated heterocycles. The Balaban J connectivity index is 1.88. The molecule has 2 aromatic heterocycles. The van der Waals surface area contributed by atoms with Gasteiger partial charge in [-0.15, -0.1) is 22.7 Å². The van der Waals surface area contributed by atoms with Crippen LogP contribution in [0.1, 0.15) is 22.9 Å². The van der Waals surface area contributed by atoms with E-state index in [4.69, 9.17) is 11.6 Å². The van der Waals surface area contributed by atoms with Crippen molar-refractivity contribution >= 4 is 34.3 Å². The second-order valence-corrected chi connectivity index (χ2v) is 5.90. The van der Waals surface area contributed by atoms with Crippen molar-refractivity contribution in [1.29, 1.82) is 0 Å². The second kappa shape index (κ2) is 5.07. The molecule has 0 fully saturated rings. The molecule has 5 heteroatoms. The molecule has 0 aliphatic rings. The maximum absolute atomic E-state index is 5.81. The molecule has 0 unspecified atom stereocenters. The predicted octanol–water partition coefficient (Wildman–Crippen LogP) is 3.71. The molecule has 2 rings (SSSR count). The van der Waals surface area contributed by atoms with Gasteiger partial charge in [-0.3, -0.25) is 0 Å². The highest BCUT2D eigenvalue weighted by Gasteiger charge is 2.06. The zero-order valence-electron chi connectivity index (χ0n) is 8.24. The Kier molecular flexibility index (Phi) is 3.75. The lowest BCUT2D eigenvalue weighted by atomic mass is 10.3. The minimum Gasteiger partial charge on any atom is -0.303 e. The lowest BCUT2D eigenvalue weighted by Crippen LogP contribution is -2.16. The first-order valence-electron chi connectivity index (χ1n) is 4.62. The lowest BCUT2D eigenvalue weighted by Gasteiger charge is -2.09. The molecule has 0 spiro atoms. The molecule has 1 atom stereocenters. The van der Waals surface area contributed by atoms with Gasteiger partial charge in [-0.1, -0.05) is 17.7 Å². The average molecular weight is 259 g/mol. The summed E-state index contributed by atoms with van der Waals surface area (Å²) in [5, 5.41) is 6.54. The first-order chi connectivity index (χ1) is 7.25. The van der Waals surface area contributed by atoms with Gasteiger partial charge < -0.3 is 5.32 Å². The van der Waals surface area contributed by atoms with Crippen LogP contribution in [0.2, 0.25) is 4.34 Å². The lowest BCUT2D eigenvalue weighted by molar-refractivity contribution is 0.581. The van der Waals surface area contributed by atoms with E-state index < -0.39 is 0 Å². The third-order valence-electron chi connectivity index (χ3n) is 2.05. The summed E-state index contributed by atoms with van der Waals surface area (Å²) in [5.74, 6) is 0. The molecular weight excluding hydrogens is 248 g/mol. The van der Waals surface area contributed by atoms with Gasteiger partial charge in [0.2, 0.25) is 0 Å². The standard InChI is InChI=1S/C10H11ClN2S2/c1-7(8-3-2-4-14-8)12-6-10-13-5-9(11)15-10/h2-5,7,12H,6H2,1H3/t7-/m1/s1. The highest BCUT2D eigenvalue weighted by atomic mass is 35.5. The minimum atomic E-state index is 0.368. The van der Waals surface area contributed by atoms with E-state index in [0.717, 1.165) is 15.9 Å². The maximum atomic E-state index is 5.81. The Bertz CT molecular complexity index is 411. The first kappa shape index (κ1) is 11.1. The van der Waals surface area contributed by atoms with E-state index >= 15 is 0 Å². The van der Waals surface area contributed by atoms with E-state index in [-0.39, 0.29) is 0 Å². The van der Waals surface area contributed by atoms with Crippen molar-refractivity contribution in [3.05, 3.63) is 37.9 Å². The SMILES string of the molecule is C[C@@H](NCc1ncc(Cl)s1)c1cccs1. The molecule has 0 amide bonds. The number of aromatic nitrogens is 1. The Morgan fingerprint density at radius 2 is 2.47 bits per heavy atom. The van der Waals surface area contributed by atoms with Crippen LogP contribution in [-0.2, 0) is 6.54 Å². The summed E-state index contributed by atoms with van der Waals surface area (Å²) in [6.45, 7) is 2.93. The van der Waals surface area contributed by atoms with Crippen LogP contribution >= 0.6 is 34.3 Å². The van der Waals surface area contributed by atoms with Crippen molar-refractivity contribution in [2.75, 3.05) is 0 Å². The molecule has 2 aromatic rings. The minimum absolute atomic E-state index is 0.368. The van der Waals surface area contributed by atoms with E-state index in [9.17, 15) is 0 Å². The quantitative estimate of drug-likeness (QED) is 0.904. The van der Waals surface area contributed by atoms with Crippen molar-refractivity contribution in [3.8, 4) is 0 Å². The topological polar surface area (TPSA) is 24.9 Å². The number of rotatable bonds is 4. The fourth-order valence-corrected chi connectivity index (χ4v) is 2.91. The van der Waals surface area contributed by atoms with Crippen LogP contribution in [-0.4, -0.2) is 4.98 Å². The zero-order valence-corrected chi connectivity index (χ0v) is 10.6. The molecule has 0 aromatic carbocycles. The van der Waals surface area contributed by atoms with E-state index in [0.29, 0.717) is 6.04 Å². The number of halogens is 1. The van der Waals surface area contributed by atoms with E-state index in [2.05, 4.69) is 34.7 Å². The van der Waals surface area contributed by atoms with Crippen LogP contribution in [0.3, 0.4) is 0 Å². The number of nitrogens with one attached hydrogen (secondary N) is 1. The van der Waals surface area contributed by atoms with Gasteiger partial charge in [-0.25, -0.2) is 4.98 Å². The van der Waals surface area contributed by atoms with Gasteiger partial charge in [-0.05, 0) is 18.4 Å². The average Bonchev–Trinajstić information content (AvgIpc) is 2.84. The first-order valence-corrected chi connectivity index (χ1v) is 6.70. The van der Waals surface area contributed by atoms with Crippen LogP contribution in [0, 0.1) is 0 Å². The van der Waals surface area contributed by atoms with Gasteiger partial charge in [-0.2, -0.15) is 0 Å². The smallest absolute Gasteiger partial charge is 0.113 e. The molecule has 0 aliphatic carbocycles. The van der Waals surface area contributed by atoms with Gasteiger partial charge in [0, 0.05) is 17.5 Å². The Labute approximate surface area is 102 Å². The molecule has 0 aliphatic heterocycles. The number of hydrogen-bond acceptors (Lipinski definition) is 4. The van der Waals surface area contributed by atoms with Gasteiger partial charge in [0.05, 0.1) is 6.20 Å². The fourth-order valence-electron chi connectivity index (χ4n) is 1.25. The van der Waals surface area contributed by atoms with Gasteiger partial charge in [0.1, 0.15) is 9.34 Å². The molecule has 1 N–H and O–H groups in total. The summed E-state index contributed by atoms with van der Waals surface area (Å²) in [6.07, 6.45) is 1.69. The van der Waals surface area contributed by atoms with Crippen molar-refractivity contribution in [2.24, 2.45) is 0 Å². The van der Waals surface area contributed by atoms with Crippen molar-refractivity contribution in [1.82, 2.24) is 10.3 Å². The molecule has 2 heterocycles. The van der Waals surface area contributed by atoms with Crippen LogP contribution in [0.4, 0.5) is 0 Å². The van der Waals surface area contributed by atoms with Crippen LogP contribution in [0.5, 0.6) is 0 Å². The monoisotopic (exact) mass is 258 g/mol. The predicted molar refractivity (Wildman–Crippen MR) is 66.7 cm³/mol. The summed E-state index contributed by atoms with van der Waals surface area (Å²) < 4.78 is 0.746. The molecule has 0 radical (unpaired) electrons. The number of nitrogens with zero attached hydrogens (tertiary/aromatic N) is 1. The van der Waals surface area contributed by atoms with Gasteiger partial charge in [0.25, 0.3) is 0 Å². The molecular formula is C10H11ClN2S2. The Morgan fingerprint density at radius 3 is 3.07 bits per heavy atom. The third kappa shape index (κ3) is 3.01. The Morgan fingerprint density at radius 1 is 1.60 bits per heavy atom. The van der Waals surface area contributed by atoms with Gasteiger partial charge >= 0.3 is 0 Å². The summed E-state index contributed by atoms with van der Waals surface area (Å²) in [7, 11) is 0. The molecule has 0 bridgehead atoms. The van der Waals surface area contributed by atoms with Gasteiger partial charge in [0.15, 0.2) is 0 Å². The van der Waals surface area contributed by atoms with Crippen molar-refractivity contribution < 1.29 is 0 Å². The van der Waals surface area contributed by atoms with Crippen LogP contribution in [0.25, 0.3) is 0 Å². The fraction of sp³-hybridized carbons (Fsp3) is 0.300. The van der Waals surface area contributed by atoms with Crippen LogP contribution < -0.4 is 5.32 Å². The summed E-state index contributed by atoms with van der Waals surface area (Å²) in [4.78, 5) is 5.54. The molecule has 15 heavy (non-hydrogen) atoms. The Hall–Kier alpha value is -0.420. The highest BCUT2D eigenvalue weighted by molar-refractivity contribution is 7.15. The number of thiophene rings is 1. The third-order valence-corrected chi connectivity index (χ3v) is 4.22. The summed E-state index contributed by atoms with van der Waals surface area (Å²) in [6, 6.07) is 4.57. The summed E-state index contributed by atoms with van der Waals surface area (Å²) >= 11 is 9.09. The maximum Gasteiger partial charge on any atom is 0.113 e. The zero-order chi connectivity index (χ0) is 10.7. The molecule has 0 saturated carbocycles. The summed E-state index contributed by atoms with van der Waals surface area (Å²) in [5.41, 5.74) is 0. The number of thiazole rings is 1. The second-order valence-electron chi connectivity index (χ2n) is 3.18. The molecule has 80 valence electrons. The normalized spacial score (nSPS) is 12.9. The van der Waals surface area contributed by atoms with E-state index in [1.165, 1.54) is 16.2 Å².